The van der Waals surface area contributed by atoms with Gasteiger partial charge in [0.1, 0.15) is 11.2 Å². The minimum Gasteiger partial charge on any atom is -0.493 e. The molecule has 0 aromatic rings. The van der Waals surface area contributed by atoms with Crippen molar-refractivity contribution in [2.45, 2.75) is 72.0 Å². The van der Waals surface area contributed by atoms with Gasteiger partial charge >= 0.3 is 5.97 Å². The van der Waals surface area contributed by atoms with E-state index in [0.29, 0.717) is 12.8 Å². The largest absolute Gasteiger partial charge is 0.493 e. The smallest absolute Gasteiger partial charge is 0.306 e. The molecule has 0 aliphatic carbocycles. The fourth-order valence-corrected chi connectivity index (χ4v) is 1.94. The van der Waals surface area contributed by atoms with Gasteiger partial charge in [0.05, 0.1) is 5.76 Å². The standard InChI is InChI=1S/C14H26O3/c1-8-11(3)16-13(4,5)10-14(6,7)17-12(15)9-2/h3,8-10H2,1-2,4-7H3. The third-order valence-corrected chi connectivity index (χ3v) is 2.35. The molecular weight excluding hydrogens is 216 g/mol. The zero-order valence-electron chi connectivity index (χ0n) is 12.1. The number of hydrogen-bond donors (Lipinski definition) is 0. The van der Waals surface area contributed by atoms with Gasteiger partial charge in [-0.25, -0.2) is 0 Å². The molecule has 0 N–H and O–H groups in total. The summed E-state index contributed by atoms with van der Waals surface area (Å²) in [6.07, 6.45) is 1.82. The fourth-order valence-electron chi connectivity index (χ4n) is 1.94. The van der Waals surface area contributed by atoms with Crippen molar-refractivity contribution in [2.75, 3.05) is 0 Å². The van der Waals surface area contributed by atoms with Crippen LogP contribution in [0.1, 0.15) is 60.8 Å². The molecule has 0 spiro atoms. The van der Waals surface area contributed by atoms with Crippen LogP contribution in [0.4, 0.5) is 0 Å². The van der Waals surface area contributed by atoms with Gasteiger partial charge in [0.15, 0.2) is 0 Å². The highest BCUT2D eigenvalue weighted by Crippen LogP contribution is 2.28. The zero-order valence-corrected chi connectivity index (χ0v) is 12.1. The van der Waals surface area contributed by atoms with Gasteiger partial charge in [0.25, 0.3) is 0 Å². The predicted molar refractivity (Wildman–Crippen MR) is 69.7 cm³/mol. The van der Waals surface area contributed by atoms with Crippen LogP contribution in [-0.4, -0.2) is 17.2 Å². The van der Waals surface area contributed by atoms with E-state index >= 15 is 0 Å². The zero-order chi connectivity index (χ0) is 13.7. The van der Waals surface area contributed by atoms with Crippen molar-refractivity contribution in [2.24, 2.45) is 0 Å². The molecule has 0 radical (unpaired) electrons. The van der Waals surface area contributed by atoms with Gasteiger partial charge in [-0.15, -0.1) is 0 Å². The number of rotatable bonds is 7. The lowest BCUT2D eigenvalue weighted by molar-refractivity contribution is -0.161. The second kappa shape index (κ2) is 6.08. The molecule has 100 valence electrons. The maximum absolute atomic E-state index is 11.3. The molecule has 0 saturated carbocycles. The summed E-state index contributed by atoms with van der Waals surface area (Å²) < 4.78 is 11.1. The van der Waals surface area contributed by atoms with Crippen LogP contribution in [0.15, 0.2) is 12.3 Å². The van der Waals surface area contributed by atoms with E-state index in [-0.39, 0.29) is 11.6 Å². The van der Waals surface area contributed by atoms with Crippen molar-refractivity contribution >= 4 is 5.97 Å². The summed E-state index contributed by atoms with van der Waals surface area (Å²) in [6.45, 7) is 15.4. The first-order valence-corrected chi connectivity index (χ1v) is 6.20. The minimum absolute atomic E-state index is 0.180. The number of carbonyl (C=O) groups excluding carboxylic acids is 1. The lowest BCUT2D eigenvalue weighted by Crippen LogP contribution is -2.38. The highest BCUT2D eigenvalue weighted by Gasteiger charge is 2.33. The minimum atomic E-state index is -0.523. The Morgan fingerprint density at radius 1 is 1.00 bits per heavy atom. The molecule has 3 nitrogen and oxygen atoms in total. The third kappa shape index (κ3) is 7.03. The average Bonchev–Trinajstić information content (AvgIpc) is 2.13. The van der Waals surface area contributed by atoms with E-state index in [1.54, 1.807) is 6.92 Å². The molecule has 0 rings (SSSR count). The summed E-state index contributed by atoms with van der Waals surface area (Å²) in [6, 6.07) is 0. The van der Waals surface area contributed by atoms with Gasteiger partial charge in [-0.2, -0.15) is 0 Å². The number of carbonyl (C=O) groups is 1. The van der Waals surface area contributed by atoms with Crippen molar-refractivity contribution < 1.29 is 14.3 Å². The van der Waals surface area contributed by atoms with Crippen LogP contribution in [-0.2, 0) is 14.3 Å². The lowest BCUT2D eigenvalue weighted by Gasteiger charge is -2.35. The van der Waals surface area contributed by atoms with Crippen LogP contribution in [0, 0.1) is 0 Å². The van der Waals surface area contributed by atoms with Gasteiger partial charge in [0, 0.05) is 19.3 Å². The van der Waals surface area contributed by atoms with E-state index in [1.165, 1.54) is 0 Å². The maximum atomic E-state index is 11.3. The van der Waals surface area contributed by atoms with Gasteiger partial charge in [-0.1, -0.05) is 20.4 Å². The highest BCUT2D eigenvalue weighted by atomic mass is 16.6. The van der Waals surface area contributed by atoms with Crippen molar-refractivity contribution in [3.05, 3.63) is 12.3 Å². The summed E-state index contributed by atoms with van der Waals surface area (Å²) in [5.41, 5.74) is -0.908. The average molecular weight is 242 g/mol. The van der Waals surface area contributed by atoms with Gasteiger partial charge < -0.3 is 9.47 Å². The maximum Gasteiger partial charge on any atom is 0.306 e. The molecule has 0 aliphatic rings. The van der Waals surface area contributed by atoms with Crippen LogP contribution >= 0.6 is 0 Å². The van der Waals surface area contributed by atoms with E-state index in [9.17, 15) is 4.79 Å². The summed E-state index contributed by atoms with van der Waals surface area (Å²) in [5.74, 6) is 0.577. The summed E-state index contributed by atoms with van der Waals surface area (Å²) in [4.78, 5) is 11.3. The van der Waals surface area contributed by atoms with Crippen molar-refractivity contribution in [1.29, 1.82) is 0 Å². The summed E-state index contributed by atoms with van der Waals surface area (Å²) >= 11 is 0. The predicted octanol–water partition coefficient (Wildman–Crippen LogP) is 3.83. The molecule has 0 fully saturated rings. The Morgan fingerprint density at radius 3 is 1.88 bits per heavy atom. The molecular formula is C14H26O3. The second-order valence-corrected chi connectivity index (χ2v) is 5.52. The highest BCUT2D eigenvalue weighted by molar-refractivity contribution is 5.69. The molecule has 17 heavy (non-hydrogen) atoms. The number of allylic oxidation sites excluding steroid dienone is 1. The van der Waals surface area contributed by atoms with Crippen LogP contribution in [0.25, 0.3) is 0 Å². The monoisotopic (exact) mass is 242 g/mol. The Balaban J connectivity index is 4.46. The van der Waals surface area contributed by atoms with Gasteiger partial charge in [-0.3, -0.25) is 4.79 Å². The number of hydrogen-bond acceptors (Lipinski definition) is 3. The molecule has 0 heterocycles. The van der Waals surface area contributed by atoms with E-state index in [4.69, 9.17) is 9.47 Å². The Bertz CT molecular complexity index is 249. The summed E-state index contributed by atoms with van der Waals surface area (Å²) in [7, 11) is 0. The second-order valence-electron chi connectivity index (χ2n) is 5.52. The molecule has 0 bridgehead atoms. The topological polar surface area (TPSA) is 35.5 Å². The van der Waals surface area contributed by atoms with Gasteiger partial charge in [-0.05, 0) is 27.7 Å². The van der Waals surface area contributed by atoms with Crippen molar-refractivity contribution in [3.63, 3.8) is 0 Å². The first-order valence-electron chi connectivity index (χ1n) is 6.20. The van der Waals surface area contributed by atoms with Crippen LogP contribution in [0.5, 0.6) is 0 Å². The fraction of sp³-hybridized carbons (Fsp3) is 0.786. The Hall–Kier alpha value is -0.990. The first-order chi connectivity index (χ1) is 7.62. The van der Waals surface area contributed by atoms with Crippen LogP contribution in [0.3, 0.4) is 0 Å². The van der Waals surface area contributed by atoms with Crippen LogP contribution in [0.2, 0.25) is 0 Å². The molecule has 0 aliphatic heterocycles. The number of esters is 1. The molecule has 0 aromatic heterocycles. The molecule has 3 heteroatoms. The first kappa shape index (κ1) is 16.0. The van der Waals surface area contributed by atoms with Crippen LogP contribution < -0.4 is 0 Å². The molecule has 0 aromatic carbocycles. The Kier molecular flexibility index (Phi) is 5.73. The molecule has 0 amide bonds. The lowest BCUT2D eigenvalue weighted by atomic mass is 9.92. The molecule has 0 atom stereocenters. The SMILES string of the molecule is C=C(CC)OC(C)(C)CC(C)(C)OC(=O)CC. The quantitative estimate of drug-likeness (QED) is 0.503. The van der Waals surface area contributed by atoms with E-state index in [1.807, 2.05) is 34.6 Å². The van der Waals surface area contributed by atoms with E-state index < -0.39 is 5.60 Å². The van der Waals surface area contributed by atoms with Gasteiger partial charge in [0.2, 0.25) is 0 Å². The molecule has 0 unspecified atom stereocenters. The summed E-state index contributed by atoms with van der Waals surface area (Å²) in [5, 5.41) is 0. The van der Waals surface area contributed by atoms with Crippen molar-refractivity contribution in [3.8, 4) is 0 Å². The Labute approximate surface area is 105 Å². The van der Waals surface area contributed by atoms with E-state index in [0.717, 1.165) is 12.2 Å². The van der Waals surface area contributed by atoms with Crippen molar-refractivity contribution in [1.82, 2.24) is 0 Å². The molecule has 0 saturated heterocycles. The number of ether oxygens (including phenoxy) is 2. The van der Waals surface area contributed by atoms with E-state index in [2.05, 4.69) is 6.58 Å². The Morgan fingerprint density at radius 2 is 1.47 bits per heavy atom. The third-order valence-electron chi connectivity index (χ3n) is 2.35. The normalized spacial score (nSPS) is 12.1.